The molecule has 0 bridgehead atoms. The monoisotopic (exact) mass is 308 g/mol. The van der Waals surface area contributed by atoms with Crippen LogP contribution in [0.3, 0.4) is 0 Å². The Kier molecular flexibility index (Phi) is 7.15. The first-order valence-corrected chi connectivity index (χ1v) is 8.30. The maximum atomic E-state index is 11.6. The van der Waals surface area contributed by atoms with Gasteiger partial charge in [0.2, 0.25) is 15.9 Å². The van der Waals surface area contributed by atoms with Gasteiger partial charge in [-0.25, -0.2) is 12.7 Å². The number of aliphatic carboxylic acids is 1. The molecule has 118 valence electrons. The van der Waals surface area contributed by atoms with Crippen LogP contribution in [0.1, 0.15) is 33.6 Å². The topological polar surface area (TPSA) is 104 Å². The van der Waals surface area contributed by atoms with E-state index in [0.29, 0.717) is 26.1 Å². The van der Waals surface area contributed by atoms with Gasteiger partial charge in [-0.2, -0.15) is 0 Å². The summed E-state index contributed by atoms with van der Waals surface area (Å²) >= 11 is 0. The molecule has 2 N–H and O–H groups in total. The second-order valence-corrected chi connectivity index (χ2v) is 7.31. The number of sulfonamides is 1. The molecular formula is C12H24N2O5S. The lowest BCUT2D eigenvalue weighted by Gasteiger charge is -2.19. The summed E-state index contributed by atoms with van der Waals surface area (Å²) in [5.41, 5.74) is -1.10. The van der Waals surface area contributed by atoms with Crippen LogP contribution in [0.25, 0.3) is 0 Å². The lowest BCUT2D eigenvalue weighted by atomic mass is 9.89. The Bertz CT molecular complexity index is 445. The Hall–Kier alpha value is -1.15. The fourth-order valence-corrected chi connectivity index (χ4v) is 2.51. The maximum Gasteiger partial charge on any atom is 0.309 e. The van der Waals surface area contributed by atoms with Crippen LogP contribution in [-0.4, -0.2) is 55.6 Å². The summed E-state index contributed by atoms with van der Waals surface area (Å²) in [4.78, 5) is 22.4. The quantitative estimate of drug-likeness (QED) is 0.595. The second kappa shape index (κ2) is 7.58. The number of amides is 1. The zero-order chi connectivity index (χ0) is 16.0. The van der Waals surface area contributed by atoms with Gasteiger partial charge in [0.05, 0.1) is 11.7 Å². The third-order valence-corrected chi connectivity index (χ3v) is 4.29. The third-order valence-electron chi connectivity index (χ3n) is 2.91. The van der Waals surface area contributed by atoms with Gasteiger partial charge < -0.3 is 10.4 Å². The Labute approximate surface area is 120 Å². The van der Waals surface area contributed by atoms with Crippen molar-refractivity contribution in [2.75, 3.05) is 25.9 Å². The zero-order valence-electron chi connectivity index (χ0n) is 12.5. The van der Waals surface area contributed by atoms with E-state index >= 15 is 0 Å². The minimum absolute atomic E-state index is 0.105. The van der Waals surface area contributed by atoms with Crippen LogP contribution in [-0.2, 0) is 19.6 Å². The van der Waals surface area contributed by atoms with Gasteiger partial charge in [-0.15, -0.1) is 0 Å². The van der Waals surface area contributed by atoms with Crippen LogP contribution in [0.2, 0.25) is 0 Å². The molecule has 20 heavy (non-hydrogen) atoms. The average Bonchev–Trinajstić information content (AvgIpc) is 2.26. The van der Waals surface area contributed by atoms with Gasteiger partial charge in [0.1, 0.15) is 0 Å². The minimum atomic E-state index is -3.21. The van der Waals surface area contributed by atoms with E-state index in [1.165, 1.54) is 18.2 Å². The number of rotatable bonds is 9. The molecule has 0 aromatic heterocycles. The summed E-state index contributed by atoms with van der Waals surface area (Å²) in [5, 5.41) is 11.5. The lowest BCUT2D eigenvalue weighted by Crippen LogP contribution is -2.36. The second-order valence-electron chi connectivity index (χ2n) is 5.32. The average molecular weight is 308 g/mol. The van der Waals surface area contributed by atoms with Crippen molar-refractivity contribution in [2.45, 2.75) is 33.6 Å². The van der Waals surface area contributed by atoms with E-state index in [1.807, 2.05) is 0 Å². The van der Waals surface area contributed by atoms with Crippen LogP contribution in [0.5, 0.6) is 0 Å². The Balaban J connectivity index is 4.08. The van der Waals surface area contributed by atoms with Crippen molar-refractivity contribution in [3.63, 3.8) is 0 Å². The molecule has 0 heterocycles. The zero-order valence-corrected chi connectivity index (χ0v) is 13.3. The number of carboxylic acid groups (broad SMARTS) is 1. The molecule has 0 rings (SSSR count). The van der Waals surface area contributed by atoms with Crippen LogP contribution in [0.15, 0.2) is 0 Å². The molecule has 0 aliphatic rings. The number of hydrogen-bond donors (Lipinski definition) is 2. The van der Waals surface area contributed by atoms with Crippen molar-refractivity contribution in [1.29, 1.82) is 0 Å². The van der Waals surface area contributed by atoms with Crippen LogP contribution < -0.4 is 5.32 Å². The summed E-state index contributed by atoms with van der Waals surface area (Å²) in [7, 11) is -3.21. The highest BCUT2D eigenvalue weighted by Crippen LogP contribution is 2.19. The molecule has 8 heteroatoms. The highest BCUT2D eigenvalue weighted by Gasteiger charge is 2.29. The first-order valence-electron chi connectivity index (χ1n) is 6.46. The van der Waals surface area contributed by atoms with E-state index in [1.54, 1.807) is 6.92 Å². The highest BCUT2D eigenvalue weighted by molar-refractivity contribution is 7.88. The fourth-order valence-electron chi connectivity index (χ4n) is 1.58. The van der Waals surface area contributed by atoms with E-state index in [2.05, 4.69) is 5.32 Å². The van der Waals surface area contributed by atoms with Crippen molar-refractivity contribution in [1.82, 2.24) is 9.62 Å². The van der Waals surface area contributed by atoms with Crippen LogP contribution >= 0.6 is 0 Å². The largest absolute Gasteiger partial charge is 0.481 e. The Morgan fingerprint density at radius 2 is 1.85 bits per heavy atom. The molecule has 0 saturated heterocycles. The van der Waals surface area contributed by atoms with Crippen molar-refractivity contribution >= 4 is 21.9 Å². The number of nitrogens with zero attached hydrogens (tertiary/aromatic N) is 1. The summed E-state index contributed by atoms with van der Waals surface area (Å²) < 4.78 is 24.0. The number of nitrogens with one attached hydrogen (secondary N) is 1. The van der Waals surface area contributed by atoms with Gasteiger partial charge in [-0.05, 0) is 20.3 Å². The van der Waals surface area contributed by atoms with E-state index < -0.39 is 21.4 Å². The first-order chi connectivity index (χ1) is 9.00. The molecule has 0 aliphatic carbocycles. The predicted octanol–water partition coefficient (Wildman–Crippen LogP) is 0.275. The summed E-state index contributed by atoms with van der Waals surface area (Å²) in [6.07, 6.45) is 1.52. The summed E-state index contributed by atoms with van der Waals surface area (Å²) in [5.74, 6) is -1.37. The molecule has 0 aromatic carbocycles. The van der Waals surface area contributed by atoms with Gasteiger partial charge in [0.25, 0.3) is 0 Å². The molecule has 0 spiro atoms. The van der Waals surface area contributed by atoms with Crippen LogP contribution in [0.4, 0.5) is 0 Å². The van der Waals surface area contributed by atoms with Crippen molar-refractivity contribution in [3.8, 4) is 0 Å². The van der Waals surface area contributed by atoms with Gasteiger partial charge in [0, 0.05) is 26.1 Å². The standard InChI is InChI=1S/C12H24N2O5S/c1-5-14(20(4,18)19)8-6-7-13-10(15)9-12(2,3)11(16)17/h5-9H2,1-4H3,(H,13,15)(H,16,17). The Morgan fingerprint density at radius 1 is 1.30 bits per heavy atom. The molecular weight excluding hydrogens is 284 g/mol. The molecule has 0 unspecified atom stereocenters. The van der Waals surface area contributed by atoms with E-state index in [4.69, 9.17) is 5.11 Å². The fraction of sp³-hybridized carbons (Fsp3) is 0.833. The van der Waals surface area contributed by atoms with Crippen molar-refractivity contribution in [3.05, 3.63) is 0 Å². The molecule has 0 fully saturated rings. The molecule has 0 saturated carbocycles. The normalized spacial score (nSPS) is 12.4. The van der Waals surface area contributed by atoms with Gasteiger partial charge in [0.15, 0.2) is 0 Å². The van der Waals surface area contributed by atoms with E-state index in [0.717, 1.165) is 6.26 Å². The SMILES string of the molecule is CCN(CCCNC(=O)CC(C)(C)C(=O)O)S(C)(=O)=O. The molecule has 0 aliphatic heterocycles. The molecule has 0 atom stereocenters. The third kappa shape index (κ3) is 6.85. The van der Waals surface area contributed by atoms with Gasteiger partial charge in [-0.1, -0.05) is 6.92 Å². The molecule has 0 aromatic rings. The van der Waals surface area contributed by atoms with Crippen LogP contribution in [0, 0.1) is 5.41 Å². The van der Waals surface area contributed by atoms with E-state index in [-0.39, 0.29) is 12.3 Å². The van der Waals surface area contributed by atoms with Crippen molar-refractivity contribution in [2.24, 2.45) is 5.41 Å². The predicted molar refractivity (Wildman–Crippen MR) is 75.8 cm³/mol. The Morgan fingerprint density at radius 3 is 2.25 bits per heavy atom. The molecule has 0 radical (unpaired) electrons. The van der Waals surface area contributed by atoms with Gasteiger partial charge in [-0.3, -0.25) is 9.59 Å². The number of carbonyl (C=O) groups is 2. The highest BCUT2D eigenvalue weighted by atomic mass is 32.2. The molecule has 1 amide bonds. The van der Waals surface area contributed by atoms with E-state index in [9.17, 15) is 18.0 Å². The number of hydrogen-bond acceptors (Lipinski definition) is 4. The summed E-state index contributed by atoms with van der Waals surface area (Å²) in [6, 6.07) is 0. The van der Waals surface area contributed by atoms with Gasteiger partial charge >= 0.3 is 5.97 Å². The number of carbonyl (C=O) groups excluding carboxylic acids is 1. The summed E-state index contributed by atoms with van der Waals surface area (Å²) in [6.45, 7) is 5.75. The lowest BCUT2D eigenvalue weighted by molar-refractivity contribution is -0.149. The first kappa shape index (κ1) is 18.9. The maximum absolute atomic E-state index is 11.6. The number of carboxylic acids is 1. The van der Waals surface area contributed by atoms with Crippen molar-refractivity contribution < 1.29 is 23.1 Å². The smallest absolute Gasteiger partial charge is 0.309 e. The minimum Gasteiger partial charge on any atom is -0.481 e. The molecule has 7 nitrogen and oxygen atoms in total.